The molecule has 0 radical (unpaired) electrons. The summed E-state index contributed by atoms with van der Waals surface area (Å²) >= 11 is 0. The van der Waals surface area contributed by atoms with Gasteiger partial charge in [-0.25, -0.2) is 0 Å². The smallest absolute Gasteiger partial charge is 0.252 e. The van der Waals surface area contributed by atoms with Gasteiger partial charge >= 0.3 is 0 Å². The zero-order valence-corrected chi connectivity index (χ0v) is 15.8. The van der Waals surface area contributed by atoms with E-state index in [1.165, 1.54) is 0 Å². The molecular weight excluding hydrogens is 314 g/mol. The summed E-state index contributed by atoms with van der Waals surface area (Å²) in [6.07, 6.45) is 2.03. The highest BCUT2D eigenvalue weighted by molar-refractivity contribution is 5.98. The Morgan fingerprint density at radius 3 is 2.40 bits per heavy atom. The van der Waals surface area contributed by atoms with E-state index >= 15 is 0 Å². The molecule has 1 aromatic carbocycles. The van der Waals surface area contributed by atoms with E-state index in [1.54, 1.807) is 6.07 Å². The van der Waals surface area contributed by atoms with E-state index in [1.807, 2.05) is 50.9 Å². The third-order valence-corrected chi connectivity index (χ3v) is 5.03. The van der Waals surface area contributed by atoms with Crippen LogP contribution < -0.4 is 10.6 Å². The number of likely N-dealkylation sites (tertiary alicyclic amines) is 1. The molecule has 2 rings (SSSR count). The van der Waals surface area contributed by atoms with Crippen LogP contribution in [0.4, 0.5) is 0 Å². The molecule has 1 saturated heterocycles. The second-order valence-electron chi connectivity index (χ2n) is 7.34. The Balaban J connectivity index is 2.02. The average Bonchev–Trinajstić information content (AvgIpc) is 2.60. The number of carbonyl (C=O) groups is 2. The van der Waals surface area contributed by atoms with Gasteiger partial charge in [-0.2, -0.15) is 0 Å². The summed E-state index contributed by atoms with van der Waals surface area (Å²) in [5.74, 6) is 0.554. The summed E-state index contributed by atoms with van der Waals surface area (Å²) in [7, 11) is 1.97. The van der Waals surface area contributed by atoms with Gasteiger partial charge in [0.1, 0.15) is 6.04 Å². The monoisotopic (exact) mass is 345 g/mol. The second kappa shape index (κ2) is 8.99. The summed E-state index contributed by atoms with van der Waals surface area (Å²) in [6, 6.07) is 6.99. The van der Waals surface area contributed by atoms with Crippen LogP contribution >= 0.6 is 0 Å². The molecule has 0 aliphatic carbocycles. The first kappa shape index (κ1) is 19.4. The van der Waals surface area contributed by atoms with Crippen LogP contribution in [0.3, 0.4) is 0 Å². The number of hydrogen-bond donors (Lipinski definition) is 2. The molecule has 5 nitrogen and oxygen atoms in total. The molecule has 138 valence electrons. The topological polar surface area (TPSA) is 61.4 Å². The number of nitrogens with one attached hydrogen (secondary N) is 2. The minimum Gasteiger partial charge on any atom is -0.341 e. The zero-order valence-electron chi connectivity index (χ0n) is 15.8. The molecule has 1 atom stereocenters. The van der Waals surface area contributed by atoms with Gasteiger partial charge in [0.25, 0.3) is 5.91 Å². The third kappa shape index (κ3) is 5.05. The van der Waals surface area contributed by atoms with Gasteiger partial charge in [-0.3, -0.25) is 9.59 Å². The molecule has 5 heteroatoms. The van der Waals surface area contributed by atoms with Crippen LogP contribution in [0.5, 0.6) is 0 Å². The Morgan fingerprint density at radius 2 is 1.84 bits per heavy atom. The summed E-state index contributed by atoms with van der Waals surface area (Å²) < 4.78 is 0. The summed E-state index contributed by atoms with van der Waals surface area (Å²) in [4.78, 5) is 27.5. The van der Waals surface area contributed by atoms with Crippen molar-refractivity contribution in [3.05, 3.63) is 35.4 Å². The number of rotatable bonds is 6. The van der Waals surface area contributed by atoms with E-state index in [2.05, 4.69) is 10.6 Å². The number of aryl methyl sites for hydroxylation is 1. The lowest BCUT2D eigenvalue weighted by Crippen LogP contribution is -2.53. The maximum atomic E-state index is 13.0. The number of piperidine rings is 1. The van der Waals surface area contributed by atoms with Crippen molar-refractivity contribution in [2.24, 2.45) is 11.8 Å². The quantitative estimate of drug-likeness (QED) is 0.831. The molecule has 1 aliphatic heterocycles. The van der Waals surface area contributed by atoms with Crippen LogP contribution in [0.15, 0.2) is 24.3 Å². The highest BCUT2D eigenvalue weighted by Gasteiger charge is 2.31. The number of nitrogens with zero attached hydrogens (tertiary/aromatic N) is 1. The lowest BCUT2D eigenvalue weighted by atomic mass is 9.95. The Morgan fingerprint density at radius 1 is 1.20 bits per heavy atom. The fourth-order valence-corrected chi connectivity index (χ4v) is 3.40. The minimum atomic E-state index is -0.479. The number of amides is 2. The first-order valence-electron chi connectivity index (χ1n) is 9.24. The predicted molar refractivity (Wildman–Crippen MR) is 101 cm³/mol. The molecule has 1 heterocycles. The van der Waals surface area contributed by atoms with Crippen molar-refractivity contribution >= 4 is 11.8 Å². The van der Waals surface area contributed by atoms with Gasteiger partial charge in [-0.15, -0.1) is 0 Å². The SMILES string of the molecule is CNCC1CCN(C(=O)C(NC(=O)c2ccccc2C)C(C)C)CC1. The normalized spacial score (nSPS) is 16.8. The van der Waals surface area contributed by atoms with Crippen molar-refractivity contribution in [2.75, 3.05) is 26.7 Å². The molecule has 1 aromatic rings. The van der Waals surface area contributed by atoms with Crippen molar-refractivity contribution in [3.63, 3.8) is 0 Å². The zero-order chi connectivity index (χ0) is 18.4. The van der Waals surface area contributed by atoms with Gasteiger partial charge in [0.2, 0.25) is 5.91 Å². The van der Waals surface area contributed by atoms with Gasteiger partial charge in [0.15, 0.2) is 0 Å². The Hall–Kier alpha value is -1.88. The molecule has 2 N–H and O–H groups in total. The molecule has 0 spiro atoms. The first-order chi connectivity index (χ1) is 11.9. The Bertz CT molecular complexity index is 592. The largest absolute Gasteiger partial charge is 0.341 e. The Labute approximate surface area is 151 Å². The van der Waals surface area contributed by atoms with Crippen molar-refractivity contribution in [2.45, 2.75) is 39.7 Å². The van der Waals surface area contributed by atoms with Crippen molar-refractivity contribution in [1.29, 1.82) is 0 Å². The standard InChI is InChI=1S/C20H31N3O2/c1-14(2)18(22-19(24)17-8-6-5-7-15(17)3)20(25)23-11-9-16(10-12-23)13-21-4/h5-8,14,16,18,21H,9-13H2,1-4H3,(H,22,24). The highest BCUT2D eigenvalue weighted by atomic mass is 16.2. The number of carbonyl (C=O) groups excluding carboxylic acids is 2. The van der Waals surface area contributed by atoms with E-state index in [0.29, 0.717) is 11.5 Å². The van der Waals surface area contributed by atoms with Crippen molar-refractivity contribution < 1.29 is 9.59 Å². The van der Waals surface area contributed by atoms with E-state index in [-0.39, 0.29) is 17.7 Å². The lowest BCUT2D eigenvalue weighted by molar-refractivity contribution is -0.135. The molecular formula is C20H31N3O2. The highest BCUT2D eigenvalue weighted by Crippen LogP contribution is 2.19. The third-order valence-electron chi connectivity index (χ3n) is 5.03. The first-order valence-corrected chi connectivity index (χ1v) is 9.24. The van der Waals surface area contributed by atoms with Gasteiger partial charge in [-0.05, 0) is 56.8 Å². The van der Waals surface area contributed by atoms with Crippen LogP contribution in [0.25, 0.3) is 0 Å². The van der Waals surface area contributed by atoms with Crippen molar-refractivity contribution in [3.8, 4) is 0 Å². The van der Waals surface area contributed by atoms with Crippen LogP contribution in [-0.4, -0.2) is 49.4 Å². The maximum Gasteiger partial charge on any atom is 0.252 e. The van der Waals surface area contributed by atoms with Crippen LogP contribution in [0.1, 0.15) is 42.6 Å². The lowest BCUT2D eigenvalue weighted by Gasteiger charge is -2.35. The minimum absolute atomic E-state index is 0.0415. The average molecular weight is 345 g/mol. The molecule has 2 amide bonds. The van der Waals surface area contributed by atoms with Crippen LogP contribution in [-0.2, 0) is 4.79 Å². The van der Waals surface area contributed by atoms with Gasteiger partial charge in [-0.1, -0.05) is 32.0 Å². The van der Waals surface area contributed by atoms with E-state index < -0.39 is 6.04 Å². The van der Waals surface area contributed by atoms with Crippen LogP contribution in [0.2, 0.25) is 0 Å². The van der Waals surface area contributed by atoms with Crippen LogP contribution in [0, 0.1) is 18.8 Å². The summed E-state index contributed by atoms with van der Waals surface area (Å²) in [6.45, 7) is 8.42. The fraction of sp³-hybridized carbons (Fsp3) is 0.600. The molecule has 0 aromatic heterocycles. The summed E-state index contributed by atoms with van der Waals surface area (Å²) in [5, 5.41) is 6.18. The second-order valence-corrected chi connectivity index (χ2v) is 7.34. The molecule has 25 heavy (non-hydrogen) atoms. The molecule has 1 fully saturated rings. The number of hydrogen-bond acceptors (Lipinski definition) is 3. The molecule has 0 saturated carbocycles. The maximum absolute atomic E-state index is 13.0. The molecule has 1 unspecified atom stereocenters. The Kier molecular flexibility index (Phi) is 7.00. The number of benzene rings is 1. The van der Waals surface area contributed by atoms with Crippen molar-refractivity contribution in [1.82, 2.24) is 15.5 Å². The molecule has 0 bridgehead atoms. The van der Waals surface area contributed by atoms with E-state index in [0.717, 1.165) is 38.0 Å². The molecule has 1 aliphatic rings. The van der Waals surface area contributed by atoms with E-state index in [4.69, 9.17) is 0 Å². The summed E-state index contributed by atoms with van der Waals surface area (Å²) in [5.41, 5.74) is 1.55. The van der Waals surface area contributed by atoms with Gasteiger partial charge in [0, 0.05) is 18.7 Å². The predicted octanol–water partition coefficient (Wildman–Crippen LogP) is 2.21. The fourth-order valence-electron chi connectivity index (χ4n) is 3.40. The van der Waals surface area contributed by atoms with E-state index in [9.17, 15) is 9.59 Å². The van der Waals surface area contributed by atoms with Gasteiger partial charge in [0.05, 0.1) is 0 Å². The van der Waals surface area contributed by atoms with Gasteiger partial charge < -0.3 is 15.5 Å².